The summed E-state index contributed by atoms with van der Waals surface area (Å²) in [6, 6.07) is 0.861. The quantitative estimate of drug-likeness (QED) is 0.901. The minimum atomic E-state index is -4.48. The molecule has 24 heavy (non-hydrogen) atoms. The summed E-state index contributed by atoms with van der Waals surface area (Å²) in [5.74, 6) is -0.360. The van der Waals surface area contributed by atoms with Crippen LogP contribution in [0, 0.1) is 11.8 Å². The van der Waals surface area contributed by atoms with E-state index >= 15 is 0 Å². The van der Waals surface area contributed by atoms with Crippen LogP contribution in [0.5, 0.6) is 0 Å². The normalized spacial score (nSPS) is 25.9. The van der Waals surface area contributed by atoms with E-state index in [4.69, 9.17) is 10.5 Å². The lowest BCUT2D eigenvalue weighted by atomic mass is 9.84. The Morgan fingerprint density at radius 1 is 1.29 bits per heavy atom. The smallest absolute Gasteiger partial charge is 0.377 e. The summed E-state index contributed by atoms with van der Waals surface area (Å²) in [5, 5.41) is 0. The lowest BCUT2D eigenvalue weighted by Crippen LogP contribution is -2.42. The van der Waals surface area contributed by atoms with Crippen molar-refractivity contribution in [2.45, 2.75) is 31.5 Å². The van der Waals surface area contributed by atoms with Gasteiger partial charge in [-0.05, 0) is 31.2 Å². The van der Waals surface area contributed by atoms with Crippen molar-refractivity contribution in [1.82, 2.24) is 9.97 Å². The minimum absolute atomic E-state index is 0.0852. The fourth-order valence-electron chi connectivity index (χ4n) is 3.47. The molecule has 132 valence electrons. The minimum Gasteiger partial charge on any atom is -0.377 e. The number of rotatable bonds is 3. The third kappa shape index (κ3) is 3.45. The summed E-state index contributed by atoms with van der Waals surface area (Å²) in [5.41, 5.74) is 4.47. The molecule has 0 aliphatic carbocycles. The van der Waals surface area contributed by atoms with Gasteiger partial charge in [-0.25, -0.2) is 9.97 Å². The van der Waals surface area contributed by atoms with Gasteiger partial charge in [-0.15, -0.1) is 0 Å². The first-order chi connectivity index (χ1) is 11.4. The number of carbonyl (C=O) groups is 1. The van der Waals surface area contributed by atoms with Crippen molar-refractivity contribution in [1.29, 1.82) is 0 Å². The predicted octanol–water partition coefficient (Wildman–Crippen LogP) is 1.60. The van der Waals surface area contributed by atoms with E-state index in [2.05, 4.69) is 9.97 Å². The first-order valence-electron chi connectivity index (χ1n) is 7.92. The average Bonchev–Trinajstić information content (AvgIpc) is 3.04. The highest BCUT2D eigenvalue weighted by Crippen LogP contribution is 2.34. The second-order valence-corrected chi connectivity index (χ2v) is 6.20. The Balaban J connectivity index is 1.64. The van der Waals surface area contributed by atoms with E-state index in [1.54, 1.807) is 4.90 Å². The Bertz CT molecular complexity index is 603. The van der Waals surface area contributed by atoms with Gasteiger partial charge in [-0.3, -0.25) is 4.79 Å². The van der Waals surface area contributed by atoms with Gasteiger partial charge in [0, 0.05) is 25.9 Å². The van der Waals surface area contributed by atoms with E-state index in [1.807, 2.05) is 0 Å². The number of amides is 1. The van der Waals surface area contributed by atoms with Crippen LogP contribution in [0.15, 0.2) is 12.3 Å². The molecule has 2 fully saturated rings. The van der Waals surface area contributed by atoms with Crippen LogP contribution in [0.25, 0.3) is 0 Å². The van der Waals surface area contributed by atoms with Gasteiger partial charge in [0.15, 0.2) is 0 Å². The monoisotopic (exact) mass is 344 g/mol. The topological polar surface area (TPSA) is 81.3 Å². The number of anilines is 1. The molecule has 0 unspecified atom stereocenters. The highest BCUT2D eigenvalue weighted by molar-refractivity contribution is 5.77. The Hall–Kier alpha value is -1.90. The standard InChI is InChI=1S/C15H19F3N4O2/c16-15(17,18)11-1-5-20-14(21-11)22-6-2-9(3-7-22)12-10(13(19)23)4-8-24-12/h1,5,9-10,12H,2-4,6-8H2,(H2,19,23)/t10-,12+/m1/s1. The zero-order chi connectivity index (χ0) is 17.3. The molecule has 3 rings (SSSR count). The van der Waals surface area contributed by atoms with Gasteiger partial charge in [0.05, 0.1) is 12.0 Å². The van der Waals surface area contributed by atoms with Gasteiger partial charge >= 0.3 is 6.18 Å². The molecule has 3 heterocycles. The molecule has 2 aliphatic heterocycles. The van der Waals surface area contributed by atoms with Crippen LogP contribution in [0.1, 0.15) is 25.0 Å². The fourth-order valence-corrected chi connectivity index (χ4v) is 3.47. The predicted molar refractivity (Wildman–Crippen MR) is 79.0 cm³/mol. The molecule has 0 spiro atoms. The maximum Gasteiger partial charge on any atom is 0.433 e. The summed E-state index contributed by atoms with van der Waals surface area (Å²) in [7, 11) is 0. The summed E-state index contributed by atoms with van der Waals surface area (Å²) < 4.78 is 43.9. The van der Waals surface area contributed by atoms with Crippen LogP contribution in [0.3, 0.4) is 0 Å². The maximum absolute atomic E-state index is 12.8. The molecule has 1 aromatic heterocycles. The summed E-state index contributed by atoms with van der Waals surface area (Å²) in [4.78, 5) is 20.8. The molecule has 0 saturated carbocycles. The van der Waals surface area contributed by atoms with E-state index in [1.165, 1.54) is 0 Å². The summed E-state index contributed by atoms with van der Waals surface area (Å²) in [6.07, 6.45) is -1.51. The highest BCUT2D eigenvalue weighted by atomic mass is 19.4. The Morgan fingerprint density at radius 3 is 2.62 bits per heavy atom. The number of nitrogens with zero attached hydrogens (tertiary/aromatic N) is 3. The van der Waals surface area contributed by atoms with Crippen molar-refractivity contribution in [3.05, 3.63) is 18.0 Å². The van der Waals surface area contributed by atoms with E-state index in [9.17, 15) is 18.0 Å². The lowest BCUT2D eigenvalue weighted by Gasteiger charge is -2.35. The molecule has 6 nitrogen and oxygen atoms in total. The number of piperidine rings is 1. The Kier molecular flexibility index (Phi) is 4.62. The van der Waals surface area contributed by atoms with Crippen molar-refractivity contribution >= 4 is 11.9 Å². The summed E-state index contributed by atoms with van der Waals surface area (Å²) in [6.45, 7) is 1.57. The number of aromatic nitrogens is 2. The molecule has 0 aromatic carbocycles. The second-order valence-electron chi connectivity index (χ2n) is 6.20. The van der Waals surface area contributed by atoms with Crippen molar-refractivity contribution in [3.8, 4) is 0 Å². The number of nitrogens with two attached hydrogens (primary N) is 1. The van der Waals surface area contributed by atoms with Crippen molar-refractivity contribution in [2.24, 2.45) is 17.6 Å². The lowest BCUT2D eigenvalue weighted by molar-refractivity contribution is -0.141. The number of primary amides is 1. The number of alkyl halides is 3. The number of halogens is 3. The fraction of sp³-hybridized carbons (Fsp3) is 0.667. The van der Waals surface area contributed by atoms with E-state index in [0.29, 0.717) is 39.0 Å². The number of carbonyl (C=O) groups excluding carboxylic acids is 1. The van der Waals surface area contributed by atoms with Crippen LogP contribution in [-0.2, 0) is 15.7 Å². The molecule has 0 bridgehead atoms. The molecule has 9 heteroatoms. The van der Waals surface area contributed by atoms with Crippen LogP contribution >= 0.6 is 0 Å². The number of hydrogen-bond acceptors (Lipinski definition) is 5. The van der Waals surface area contributed by atoms with Crippen molar-refractivity contribution in [2.75, 3.05) is 24.6 Å². The molecule has 2 saturated heterocycles. The van der Waals surface area contributed by atoms with E-state index in [0.717, 1.165) is 12.3 Å². The van der Waals surface area contributed by atoms with Gasteiger partial charge < -0.3 is 15.4 Å². The van der Waals surface area contributed by atoms with Crippen molar-refractivity contribution in [3.63, 3.8) is 0 Å². The SMILES string of the molecule is NC(=O)[C@@H]1CCO[C@H]1C1CCN(c2nccc(C(F)(F)F)n2)CC1. The van der Waals surface area contributed by atoms with E-state index in [-0.39, 0.29) is 29.8 Å². The second kappa shape index (κ2) is 6.54. The van der Waals surface area contributed by atoms with Crippen LogP contribution < -0.4 is 10.6 Å². The molecule has 2 N–H and O–H groups in total. The first-order valence-corrected chi connectivity index (χ1v) is 7.92. The van der Waals surface area contributed by atoms with Crippen LogP contribution in [-0.4, -0.2) is 41.7 Å². The van der Waals surface area contributed by atoms with Gasteiger partial charge in [0.2, 0.25) is 11.9 Å². The Labute approximate surface area is 137 Å². The zero-order valence-corrected chi connectivity index (χ0v) is 13.0. The molecule has 1 aromatic rings. The van der Waals surface area contributed by atoms with Gasteiger partial charge in [-0.1, -0.05) is 0 Å². The van der Waals surface area contributed by atoms with Gasteiger partial charge in [-0.2, -0.15) is 13.2 Å². The van der Waals surface area contributed by atoms with Gasteiger partial charge in [0.1, 0.15) is 5.69 Å². The molecule has 2 aliphatic rings. The Morgan fingerprint density at radius 2 is 2.00 bits per heavy atom. The van der Waals surface area contributed by atoms with E-state index < -0.39 is 11.9 Å². The number of hydrogen-bond donors (Lipinski definition) is 1. The molecule has 0 radical (unpaired) electrons. The maximum atomic E-state index is 12.8. The van der Waals surface area contributed by atoms with Crippen molar-refractivity contribution < 1.29 is 22.7 Å². The first kappa shape index (κ1) is 16.9. The highest BCUT2D eigenvalue weighted by Gasteiger charge is 2.40. The zero-order valence-electron chi connectivity index (χ0n) is 13.0. The van der Waals surface area contributed by atoms with Gasteiger partial charge in [0.25, 0.3) is 0 Å². The third-order valence-electron chi connectivity index (χ3n) is 4.72. The molecule has 1 amide bonds. The summed E-state index contributed by atoms with van der Waals surface area (Å²) >= 11 is 0. The van der Waals surface area contributed by atoms with Crippen LogP contribution in [0.4, 0.5) is 19.1 Å². The molecular formula is C15H19F3N4O2. The molecule has 2 atom stereocenters. The molecular weight excluding hydrogens is 325 g/mol. The number of ether oxygens (including phenoxy) is 1. The largest absolute Gasteiger partial charge is 0.433 e. The third-order valence-corrected chi connectivity index (χ3v) is 4.72. The van der Waals surface area contributed by atoms with Crippen LogP contribution in [0.2, 0.25) is 0 Å². The average molecular weight is 344 g/mol.